The zero-order valence-electron chi connectivity index (χ0n) is 12.2. The van der Waals surface area contributed by atoms with Crippen LogP contribution in [-0.2, 0) is 16.0 Å². The van der Waals surface area contributed by atoms with Crippen molar-refractivity contribution >= 4 is 29.3 Å². The maximum absolute atomic E-state index is 12.9. The van der Waals surface area contributed by atoms with E-state index in [-0.39, 0.29) is 24.1 Å². The molecule has 1 saturated heterocycles. The van der Waals surface area contributed by atoms with Crippen LogP contribution in [0.5, 0.6) is 0 Å². The summed E-state index contributed by atoms with van der Waals surface area (Å²) < 4.78 is 17.9. The van der Waals surface area contributed by atoms with Gasteiger partial charge in [-0.25, -0.2) is 4.39 Å². The Balaban J connectivity index is 1.64. The number of anilines is 1. The molecule has 3 rings (SSSR count). The molecule has 1 fully saturated rings. The number of benzene rings is 1. The number of carbonyl (C=O) groups is 2. The second-order valence-corrected chi connectivity index (χ2v) is 6.18. The predicted molar refractivity (Wildman–Crippen MR) is 85.4 cm³/mol. The quantitative estimate of drug-likeness (QED) is 0.933. The molecular formula is C16H15FN2O3S. The topological polar surface area (TPSA) is 62.6 Å². The molecular weight excluding hydrogens is 319 g/mol. The van der Waals surface area contributed by atoms with Gasteiger partial charge in [-0.15, -0.1) is 11.8 Å². The first-order chi connectivity index (χ1) is 11.1. The molecule has 0 spiro atoms. The largest absolute Gasteiger partial charge is 0.472 e. The van der Waals surface area contributed by atoms with Gasteiger partial charge >= 0.3 is 0 Å². The Morgan fingerprint density at radius 3 is 2.78 bits per heavy atom. The average molecular weight is 334 g/mol. The third-order valence-electron chi connectivity index (χ3n) is 3.55. The number of rotatable bonds is 4. The Hall–Kier alpha value is -2.28. The highest BCUT2D eigenvalue weighted by Crippen LogP contribution is 2.23. The lowest BCUT2D eigenvalue weighted by atomic mass is 10.2. The Morgan fingerprint density at radius 2 is 2.09 bits per heavy atom. The number of amides is 2. The second-order valence-electron chi connectivity index (χ2n) is 5.18. The van der Waals surface area contributed by atoms with Crippen molar-refractivity contribution in [2.24, 2.45) is 0 Å². The molecule has 2 aromatic rings. The molecule has 1 atom stereocenters. The van der Waals surface area contributed by atoms with Gasteiger partial charge in [0.2, 0.25) is 11.8 Å². The number of hydrogen-bond acceptors (Lipinski definition) is 4. The lowest BCUT2D eigenvalue weighted by Gasteiger charge is -2.23. The number of thioether (sulfide) groups is 1. The minimum absolute atomic E-state index is 0.115. The lowest BCUT2D eigenvalue weighted by molar-refractivity contribution is -0.135. The molecule has 1 aromatic heterocycles. The fraction of sp³-hybridized carbons (Fsp3) is 0.250. The Labute approximate surface area is 136 Å². The molecule has 1 aromatic carbocycles. The summed E-state index contributed by atoms with van der Waals surface area (Å²) in [6, 6.07) is 6.75. The van der Waals surface area contributed by atoms with Gasteiger partial charge in [0.05, 0.1) is 24.8 Å². The third kappa shape index (κ3) is 3.73. The number of furan rings is 1. The van der Waals surface area contributed by atoms with Crippen molar-refractivity contribution < 1.29 is 18.4 Å². The van der Waals surface area contributed by atoms with Crippen LogP contribution in [0.25, 0.3) is 0 Å². The van der Waals surface area contributed by atoms with Crippen LogP contribution in [0.3, 0.4) is 0 Å². The summed E-state index contributed by atoms with van der Waals surface area (Å²) >= 11 is 1.53. The predicted octanol–water partition coefficient (Wildman–Crippen LogP) is 2.50. The van der Waals surface area contributed by atoms with E-state index in [0.29, 0.717) is 17.3 Å². The SMILES string of the molecule is O=C(Nc1ccc(F)cc1)[C@H]1CSCN1C(=O)Cc1ccoc1. The van der Waals surface area contributed by atoms with Gasteiger partial charge < -0.3 is 14.6 Å². The van der Waals surface area contributed by atoms with Crippen LogP contribution >= 0.6 is 11.8 Å². The van der Waals surface area contributed by atoms with Crippen molar-refractivity contribution in [1.29, 1.82) is 0 Å². The second kappa shape index (κ2) is 6.87. The van der Waals surface area contributed by atoms with E-state index in [0.717, 1.165) is 5.56 Å². The van der Waals surface area contributed by atoms with E-state index in [9.17, 15) is 14.0 Å². The summed E-state index contributed by atoms with van der Waals surface area (Å²) in [6.45, 7) is 0. The highest BCUT2D eigenvalue weighted by Gasteiger charge is 2.34. The van der Waals surface area contributed by atoms with Gasteiger partial charge in [-0.05, 0) is 35.9 Å². The van der Waals surface area contributed by atoms with Crippen molar-refractivity contribution in [2.75, 3.05) is 16.9 Å². The molecule has 2 heterocycles. The van der Waals surface area contributed by atoms with E-state index >= 15 is 0 Å². The molecule has 7 heteroatoms. The summed E-state index contributed by atoms with van der Waals surface area (Å²) in [7, 11) is 0. The van der Waals surface area contributed by atoms with Gasteiger partial charge in [0, 0.05) is 11.4 Å². The number of halogens is 1. The van der Waals surface area contributed by atoms with E-state index in [2.05, 4.69) is 5.32 Å². The summed E-state index contributed by atoms with van der Waals surface area (Å²) in [5.41, 5.74) is 1.29. The number of nitrogens with one attached hydrogen (secondary N) is 1. The van der Waals surface area contributed by atoms with Gasteiger partial charge in [-0.2, -0.15) is 0 Å². The summed E-state index contributed by atoms with van der Waals surface area (Å²) in [5, 5.41) is 2.72. The minimum atomic E-state index is -0.524. The van der Waals surface area contributed by atoms with Crippen LogP contribution in [0.1, 0.15) is 5.56 Å². The normalized spacial score (nSPS) is 17.3. The molecule has 0 aliphatic carbocycles. The highest BCUT2D eigenvalue weighted by molar-refractivity contribution is 7.99. The van der Waals surface area contributed by atoms with Gasteiger partial charge in [-0.3, -0.25) is 9.59 Å². The molecule has 0 bridgehead atoms. The number of carbonyl (C=O) groups excluding carboxylic acids is 2. The van der Waals surface area contributed by atoms with Crippen LogP contribution in [0, 0.1) is 5.82 Å². The van der Waals surface area contributed by atoms with Crippen LogP contribution in [-0.4, -0.2) is 34.4 Å². The van der Waals surface area contributed by atoms with E-state index in [1.54, 1.807) is 11.0 Å². The van der Waals surface area contributed by atoms with E-state index in [1.165, 1.54) is 48.6 Å². The van der Waals surface area contributed by atoms with E-state index in [1.807, 2.05) is 0 Å². The van der Waals surface area contributed by atoms with Crippen molar-refractivity contribution in [3.8, 4) is 0 Å². The maximum atomic E-state index is 12.9. The lowest BCUT2D eigenvalue weighted by Crippen LogP contribution is -2.45. The molecule has 5 nitrogen and oxygen atoms in total. The standard InChI is InChI=1S/C16H15FN2O3S/c17-12-1-3-13(4-2-12)18-16(21)14-9-23-10-19(14)15(20)7-11-5-6-22-8-11/h1-6,8,14H,7,9-10H2,(H,18,21)/t14-/m1/s1. The Morgan fingerprint density at radius 1 is 1.30 bits per heavy atom. The molecule has 0 unspecified atom stereocenters. The molecule has 1 N–H and O–H groups in total. The molecule has 2 amide bonds. The van der Waals surface area contributed by atoms with Crippen LogP contribution in [0.15, 0.2) is 47.3 Å². The van der Waals surface area contributed by atoms with E-state index < -0.39 is 6.04 Å². The van der Waals surface area contributed by atoms with Gasteiger partial charge in [0.1, 0.15) is 11.9 Å². The highest BCUT2D eigenvalue weighted by atomic mass is 32.2. The number of nitrogens with zero attached hydrogens (tertiary/aromatic N) is 1. The van der Waals surface area contributed by atoms with Crippen LogP contribution < -0.4 is 5.32 Å². The smallest absolute Gasteiger partial charge is 0.248 e. The van der Waals surface area contributed by atoms with Gasteiger partial charge in [-0.1, -0.05) is 0 Å². The fourth-order valence-electron chi connectivity index (χ4n) is 2.33. The third-order valence-corrected chi connectivity index (χ3v) is 4.56. The summed E-state index contributed by atoms with van der Waals surface area (Å²) in [6.07, 6.45) is 3.24. The molecule has 0 radical (unpaired) electrons. The molecule has 1 aliphatic rings. The summed E-state index contributed by atoms with van der Waals surface area (Å²) in [5.74, 6) is 0.289. The molecule has 0 saturated carbocycles. The van der Waals surface area contributed by atoms with Crippen LogP contribution in [0.4, 0.5) is 10.1 Å². The van der Waals surface area contributed by atoms with Gasteiger partial charge in [0.15, 0.2) is 0 Å². The molecule has 120 valence electrons. The zero-order chi connectivity index (χ0) is 16.2. The molecule has 23 heavy (non-hydrogen) atoms. The summed E-state index contributed by atoms with van der Waals surface area (Å²) in [4.78, 5) is 26.3. The van der Waals surface area contributed by atoms with Crippen molar-refractivity contribution in [3.05, 3.63) is 54.2 Å². The first-order valence-corrected chi connectivity index (χ1v) is 8.23. The van der Waals surface area contributed by atoms with Crippen molar-refractivity contribution in [3.63, 3.8) is 0 Å². The Bertz CT molecular complexity index is 688. The molecule has 1 aliphatic heterocycles. The maximum Gasteiger partial charge on any atom is 0.248 e. The Kier molecular flexibility index (Phi) is 4.66. The van der Waals surface area contributed by atoms with E-state index in [4.69, 9.17) is 4.42 Å². The van der Waals surface area contributed by atoms with Crippen LogP contribution in [0.2, 0.25) is 0 Å². The first-order valence-electron chi connectivity index (χ1n) is 7.08. The average Bonchev–Trinajstić information content (AvgIpc) is 3.20. The van der Waals surface area contributed by atoms with Gasteiger partial charge in [0.25, 0.3) is 0 Å². The van der Waals surface area contributed by atoms with Crippen molar-refractivity contribution in [2.45, 2.75) is 12.5 Å². The zero-order valence-corrected chi connectivity index (χ0v) is 13.0. The van der Waals surface area contributed by atoms with Crippen molar-refractivity contribution in [1.82, 2.24) is 4.90 Å². The first kappa shape index (κ1) is 15.6. The number of hydrogen-bond donors (Lipinski definition) is 1. The fourth-order valence-corrected chi connectivity index (χ4v) is 3.51. The monoisotopic (exact) mass is 334 g/mol. The minimum Gasteiger partial charge on any atom is -0.472 e.